The normalized spacial score (nSPS) is 13.8. The fourth-order valence-electron chi connectivity index (χ4n) is 1.88. The quantitative estimate of drug-likeness (QED) is 0.527. The van der Waals surface area contributed by atoms with Crippen molar-refractivity contribution in [3.63, 3.8) is 0 Å². The topological polar surface area (TPSA) is 78.2 Å². The first-order valence-electron chi connectivity index (χ1n) is 5.37. The monoisotopic (exact) mass is 248 g/mol. The number of carboxylic acid groups (broad SMARTS) is 1. The van der Waals surface area contributed by atoms with Crippen LogP contribution in [-0.4, -0.2) is 27.2 Å². The molecule has 6 heteroatoms. The Hall–Kier alpha value is -0.360. The van der Waals surface area contributed by atoms with E-state index in [1.165, 1.54) is 0 Å². The second kappa shape index (κ2) is 7.87. The number of aryl methyl sites for hydroxylation is 1. The Morgan fingerprint density at radius 2 is 2.29 bits per heavy atom. The van der Waals surface area contributed by atoms with Gasteiger partial charge in [-0.1, -0.05) is 6.92 Å². The molecule has 0 aromatic carbocycles. The second-order valence-electron chi connectivity index (χ2n) is 3.98. The predicted molar refractivity (Wildman–Crippen MR) is 56.3 cm³/mol. The summed E-state index contributed by atoms with van der Waals surface area (Å²) in [6.45, 7) is 1.63. The molecule has 0 spiro atoms. The molecule has 0 amide bonds. The molecule has 0 saturated carbocycles. The summed E-state index contributed by atoms with van der Waals surface area (Å²) >= 11 is 0. The number of imidazole rings is 1. The number of carbonyl (C=O) groups excluding carboxylic acids is 1. The van der Waals surface area contributed by atoms with Crippen LogP contribution in [0.2, 0.25) is 0 Å². The van der Waals surface area contributed by atoms with Crippen LogP contribution < -0.4 is 34.7 Å². The summed E-state index contributed by atoms with van der Waals surface area (Å²) in [5, 5.41) is 20.1. The van der Waals surface area contributed by atoms with Gasteiger partial charge in [0.2, 0.25) is 0 Å². The predicted octanol–water partition coefficient (Wildman–Crippen LogP) is -3.65. The summed E-state index contributed by atoms with van der Waals surface area (Å²) in [6.07, 6.45) is 4.30. The minimum atomic E-state index is -1.09. The number of nitrogens with zero attached hydrogens (tertiary/aromatic N) is 2. The molecule has 0 aliphatic heterocycles. The first kappa shape index (κ1) is 16.6. The molecule has 1 unspecified atom stereocenters. The second-order valence-corrected chi connectivity index (χ2v) is 3.98. The average molecular weight is 248 g/mol. The third-order valence-electron chi connectivity index (χ3n) is 2.93. The van der Waals surface area contributed by atoms with Gasteiger partial charge in [0.05, 0.1) is 6.33 Å². The third kappa shape index (κ3) is 4.43. The summed E-state index contributed by atoms with van der Waals surface area (Å²) < 4.78 is 1.82. The number of hydrogen-bond donors (Lipinski definition) is 1. The van der Waals surface area contributed by atoms with E-state index in [4.69, 9.17) is 0 Å². The van der Waals surface area contributed by atoms with Crippen LogP contribution in [0.3, 0.4) is 0 Å². The van der Waals surface area contributed by atoms with Gasteiger partial charge >= 0.3 is 29.6 Å². The SMILES string of the molecule is CC[C@H](C(=O)[O-])C(CO)Cc1cncn1C.[Na+]. The van der Waals surface area contributed by atoms with Gasteiger partial charge < -0.3 is 19.6 Å². The molecule has 17 heavy (non-hydrogen) atoms. The number of hydrogen-bond acceptors (Lipinski definition) is 4. The minimum Gasteiger partial charge on any atom is -0.550 e. The number of aliphatic hydroxyl groups is 1. The van der Waals surface area contributed by atoms with Gasteiger partial charge in [0.15, 0.2) is 0 Å². The summed E-state index contributed by atoms with van der Waals surface area (Å²) in [4.78, 5) is 14.9. The van der Waals surface area contributed by atoms with Crippen molar-refractivity contribution in [3.05, 3.63) is 18.2 Å². The molecule has 90 valence electrons. The number of carboxylic acids is 1. The maximum Gasteiger partial charge on any atom is 1.00 e. The van der Waals surface area contributed by atoms with E-state index in [-0.39, 0.29) is 42.1 Å². The number of aliphatic carboxylic acids is 1. The molecule has 0 radical (unpaired) electrons. The van der Waals surface area contributed by atoms with Crippen LogP contribution in [0.15, 0.2) is 12.5 Å². The van der Waals surface area contributed by atoms with Crippen molar-refractivity contribution < 1.29 is 44.6 Å². The molecular formula is C11H17N2NaO3. The fourth-order valence-corrected chi connectivity index (χ4v) is 1.88. The first-order valence-corrected chi connectivity index (χ1v) is 5.37. The van der Waals surface area contributed by atoms with Gasteiger partial charge in [0, 0.05) is 37.4 Å². The Balaban J connectivity index is 0.00000256. The van der Waals surface area contributed by atoms with Crippen LogP contribution in [0, 0.1) is 11.8 Å². The minimum absolute atomic E-state index is 0. The Morgan fingerprint density at radius 3 is 2.65 bits per heavy atom. The number of aromatic nitrogens is 2. The largest absolute Gasteiger partial charge is 1.00 e. The van der Waals surface area contributed by atoms with Crippen LogP contribution in [0.4, 0.5) is 0 Å². The first-order chi connectivity index (χ1) is 7.60. The van der Waals surface area contributed by atoms with E-state index in [1.807, 2.05) is 11.6 Å². The van der Waals surface area contributed by atoms with E-state index in [1.54, 1.807) is 19.4 Å². The smallest absolute Gasteiger partial charge is 0.550 e. The third-order valence-corrected chi connectivity index (χ3v) is 2.93. The zero-order chi connectivity index (χ0) is 12.1. The molecule has 1 aromatic heterocycles. The van der Waals surface area contributed by atoms with E-state index < -0.39 is 11.9 Å². The fraction of sp³-hybridized carbons (Fsp3) is 0.636. The standard InChI is InChI=1S/C11H18N2O3.Na/c1-3-10(11(15)16)8(6-14)4-9-5-12-7-13(9)2;/h5,7-8,10,14H,3-4,6H2,1-2H3,(H,15,16);/q;+1/p-1/t8?,10-;/m0./s1. The van der Waals surface area contributed by atoms with Crippen LogP contribution in [0.5, 0.6) is 0 Å². The van der Waals surface area contributed by atoms with Crippen molar-refractivity contribution in [2.75, 3.05) is 6.61 Å². The van der Waals surface area contributed by atoms with Crippen LogP contribution in [0.25, 0.3) is 0 Å². The van der Waals surface area contributed by atoms with E-state index >= 15 is 0 Å². The van der Waals surface area contributed by atoms with Crippen LogP contribution in [-0.2, 0) is 18.3 Å². The Bertz CT molecular complexity index is 354. The molecule has 0 saturated heterocycles. The van der Waals surface area contributed by atoms with Gasteiger partial charge in [0.1, 0.15) is 0 Å². The molecule has 0 aliphatic carbocycles. The Labute approximate surface area is 123 Å². The summed E-state index contributed by atoms with van der Waals surface area (Å²) in [6, 6.07) is 0. The number of carbonyl (C=O) groups is 1. The van der Waals surface area contributed by atoms with E-state index in [9.17, 15) is 15.0 Å². The van der Waals surface area contributed by atoms with Gasteiger partial charge in [-0.3, -0.25) is 0 Å². The Kier molecular flexibility index (Phi) is 7.70. The van der Waals surface area contributed by atoms with Crippen molar-refractivity contribution in [2.45, 2.75) is 19.8 Å². The molecule has 1 aromatic rings. The molecule has 0 fully saturated rings. The van der Waals surface area contributed by atoms with E-state index in [0.717, 1.165) is 5.69 Å². The van der Waals surface area contributed by atoms with Crippen molar-refractivity contribution in [1.82, 2.24) is 9.55 Å². The van der Waals surface area contributed by atoms with Crippen molar-refractivity contribution in [2.24, 2.45) is 18.9 Å². The maximum atomic E-state index is 10.9. The van der Waals surface area contributed by atoms with Crippen molar-refractivity contribution >= 4 is 5.97 Å². The van der Waals surface area contributed by atoms with Crippen molar-refractivity contribution in [1.29, 1.82) is 0 Å². The van der Waals surface area contributed by atoms with Crippen molar-refractivity contribution in [3.8, 4) is 0 Å². The van der Waals surface area contributed by atoms with Crippen LogP contribution in [0.1, 0.15) is 19.0 Å². The van der Waals surface area contributed by atoms with Gasteiger partial charge in [-0.2, -0.15) is 0 Å². The summed E-state index contributed by atoms with van der Waals surface area (Å²) in [5.74, 6) is -2.02. The van der Waals surface area contributed by atoms with Gasteiger partial charge in [0.25, 0.3) is 0 Å². The molecule has 1 N–H and O–H groups in total. The number of aliphatic hydroxyl groups excluding tert-OH is 1. The van der Waals surface area contributed by atoms with Crippen LogP contribution >= 0.6 is 0 Å². The summed E-state index contributed by atoms with van der Waals surface area (Å²) in [5.41, 5.74) is 0.916. The molecule has 0 bridgehead atoms. The molecule has 0 aliphatic rings. The van der Waals surface area contributed by atoms with Gasteiger partial charge in [-0.25, -0.2) is 4.98 Å². The maximum absolute atomic E-state index is 10.9. The number of rotatable bonds is 6. The van der Waals surface area contributed by atoms with E-state index in [2.05, 4.69) is 4.98 Å². The molecule has 1 heterocycles. The van der Waals surface area contributed by atoms with E-state index in [0.29, 0.717) is 12.8 Å². The van der Waals surface area contributed by atoms with Gasteiger partial charge in [-0.05, 0) is 18.8 Å². The zero-order valence-electron chi connectivity index (χ0n) is 10.6. The molecule has 1 rings (SSSR count). The molecular weight excluding hydrogens is 231 g/mol. The molecule has 5 nitrogen and oxygen atoms in total. The van der Waals surface area contributed by atoms with Gasteiger partial charge in [-0.15, -0.1) is 0 Å². The molecule has 2 atom stereocenters. The Morgan fingerprint density at radius 1 is 1.65 bits per heavy atom. The summed E-state index contributed by atoms with van der Waals surface area (Å²) in [7, 11) is 1.84. The zero-order valence-corrected chi connectivity index (χ0v) is 12.6. The average Bonchev–Trinajstić information content (AvgIpc) is 2.63.